The standard InChI is InChI=1S/C18H14FNO2S/c19-13-5-3-12(4-6-13)17-14-8-11-23-16(14)7-9-20(17)18(21)15-2-1-10-22-15/h1-6,8,10-11,17H,7,9H2. The molecule has 23 heavy (non-hydrogen) atoms. The van der Waals surface area contributed by atoms with Crippen LogP contribution in [0.1, 0.15) is 32.6 Å². The smallest absolute Gasteiger partial charge is 0.290 e. The van der Waals surface area contributed by atoms with Gasteiger partial charge in [0.1, 0.15) is 5.82 Å². The molecule has 3 heterocycles. The van der Waals surface area contributed by atoms with Gasteiger partial charge in [0.05, 0.1) is 12.3 Å². The molecular weight excluding hydrogens is 313 g/mol. The van der Waals surface area contributed by atoms with E-state index in [1.54, 1.807) is 40.5 Å². The number of hydrogen-bond acceptors (Lipinski definition) is 3. The highest BCUT2D eigenvalue weighted by Gasteiger charge is 2.34. The molecule has 0 fully saturated rings. The molecule has 0 spiro atoms. The second-order valence-electron chi connectivity index (χ2n) is 5.48. The molecule has 1 aromatic carbocycles. The first-order valence-electron chi connectivity index (χ1n) is 7.40. The molecule has 1 atom stereocenters. The third-order valence-corrected chi connectivity index (χ3v) is 5.14. The molecule has 1 unspecified atom stereocenters. The van der Waals surface area contributed by atoms with Gasteiger partial charge in [-0.05, 0) is 53.3 Å². The number of hydrogen-bond donors (Lipinski definition) is 0. The molecule has 0 bridgehead atoms. The maximum atomic E-state index is 13.3. The first-order chi connectivity index (χ1) is 11.2. The van der Waals surface area contributed by atoms with Crippen LogP contribution >= 0.6 is 11.3 Å². The number of halogens is 1. The lowest BCUT2D eigenvalue weighted by molar-refractivity contribution is 0.0663. The number of nitrogens with zero attached hydrogens (tertiary/aromatic N) is 1. The summed E-state index contributed by atoms with van der Waals surface area (Å²) in [7, 11) is 0. The van der Waals surface area contributed by atoms with Crippen molar-refractivity contribution in [3.8, 4) is 0 Å². The number of rotatable bonds is 2. The summed E-state index contributed by atoms with van der Waals surface area (Å²) in [5, 5.41) is 2.04. The van der Waals surface area contributed by atoms with Gasteiger partial charge in [-0.25, -0.2) is 4.39 Å². The second kappa shape index (κ2) is 5.66. The lowest BCUT2D eigenvalue weighted by atomic mass is 9.93. The fraction of sp³-hybridized carbons (Fsp3) is 0.167. The molecule has 0 N–H and O–H groups in total. The highest BCUT2D eigenvalue weighted by Crippen LogP contribution is 2.38. The molecular formula is C18H14FNO2S. The maximum absolute atomic E-state index is 13.3. The van der Waals surface area contributed by atoms with Crippen LogP contribution in [0.5, 0.6) is 0 Å². The van der Waals surface area contributed by atoms with Crippen molar-refractivity contribution in [3.05, 3.63) is 81.7 Å². The molecule has 4 rings (SSSR count). The van der Waals surface area contributed by atoms with Crippen molar-refractivity contribution in [1.82, 2.24) is 4.90 Å². The van der Waals surface area contributed by atoms with Crippen LogP contribution in [0.4, 0.5) is 4.39 Å². The molecule has 3 nitrogen and oxygen atoms in total. The van der Waals surface area contributed by atoms with Gasteiger partial charge in [0.15, 0.2) is 5.76 Å². The molecule has 0 saturated heterocycles. The Hall–Kier alpha value is -2.40. The van der Waals surface area contributed by atoms with Crippen molar-refractivity contribution in [3.63, 3.8) is 0 Å². The monoisotopic (exact) mass is 327 g/mol. The number of furan rings is 1. The maximum Gasteiger partial charge on any atom is 0.290 e. The number of thiophene rings is 1. The van der Waals surface area contributed by atoms with E-state index in [1.165, 1.54) is 23.3 Å². The highest BCUT2D eigenvalue weighted by molar-refractivity contribution is 7.10. The van der Waals surface area contributed by atoms with Gasteiger partial charge in [0, 0.05) is 11.4 Å². The van der Waals surface area contributed by atoms with Gasteiger partial charge in [-0.2, -0.15) is 0 Å². The molecule has 2 aromatic heterocycles. The minimum atomic E-state index is -0.279. The minimum Gasteiger partial charge on any atom is -0.459 e. The van der Waals surface area contributed by atoms with Crippen LogP contribution in [0.15, 0.2) is 58.5 Å². The van der Waals surface area contributed by atoms with Crippen LogP contribution in [-0.2, 0) is 6.42 Å². The Bertz CT molecular complexity index is 823. The van der Waals surface area contributed by atoms with Crippen molar-refractivity contribution in [2.45, 2.75) is 12.5 Å². The summed E-state index contributed by atoms with van der Waals surface area (Å²) in [4.78, 5) is 15.9. The fourth-order valence-corrected chi connectivity index (χ4v) is 3.99. The summed E-state index contributed by atoms with van der Waals surface area (Å²) < 4.78 is 18.5. The number of amides is 1. The number of fused-ring (bicyclic) bond motifs is 1. The highest BCUT2D eigenvalue weighted by atomic mass is 32.1. The van der Waals surface area contributed by atoms with Crippen molar-refractivity contribution in [2.75, 3.05) is 6.54 Å². The van der Waals surface area contributed by atoms with E-state index < -0.39 is 0 Å². The molecule has 0 aliphatic carbocycles. The van der Waals surface area contributed by atoms with Gasteiger partial charge >= 0.3 is 0 Å². The van der Waals surface area contributed by atoms with Gasteiger partial charge in [-0.15, -0.1) is 11.3 Å². The number of carbonyl (C=O) groups is 1. The Morgan fingerprint density at radius 2 is 2.04 bits per heavy atom. The van der Waals surface area contributed by atoms with Crippen LogP contribution < -0.4 is 0 Å². The second-order valence-corrected chi connectivity index (χ2v) is 6.48. The summed E-state index contributed by atoms with van der Waals surface area (Å²) in [5.74, 6) is -0.0871. The van der Waals surface area contributed by atoms with Crippen LogP contribution in [0.2, 0.25) is 0 Å². The number of carbonyl (C=O) groups excluding carboxylic acids is 1. The largest absolute Gasteiger partial charge is 0.459 e. The predicted molar refractivity (Wildman–Crippen MR) is 86.0 cm³/mol. The summed E-state index contributed by atoms with van der Waals surface area (Å²) in [5.41, 5.74) is 2.03. The van der Waals surface area contributed by atoms with Crippen molar-refractivity contribution >= 4 is 17.2 Å². The molecule has 116 valence electrons. The number of benzene rings is 1. The molecule has 0 radical (unpaired) electrons. The zero-order valence-electron chi connectivity index (χ0n) is 12.2. The first-order valence-corrected chi connectivity index (χ1v) is 8.28. The van der Waals surface area contributed by atoms with Crippen LogP contribution in [-0.4, -0.2) is 17.4 Å². The summed E-state index contributed by atoms with van der Waals surface area (Å²) in [6, 6.07) is 11.6. The predicted octanol–water partition coefficient (Wildman–Crippen LogP) is 4.27. The van der Waals surface area contributed by atoms with Crippen molar-refractivity contribution < 1.29 is 13.6 Å². The van der Waals surface area contributed by atoms with E-state index in [2.05, 4.69) is 6.07 Å². The molecule has 1 amide bonds. The quantitative estimate of drug-likeness (QED) is 0.704. The van der Waals surface area contributed by atoms with E-state index in [0.29, 0.717) is 12.3 Å². The Labute approximate surface area is 137 Å². The first kappa shape index (κ1) is 14.2. The molecule has 0 saturated carbocycles. The Morgan fingerprint density at radius 1 is 1.22 bits per heavy atom. The van der Waals surface area contributed by atoms with E-state index in [-0.39, 0.29) is 17.8 Å². The van der Waals surface area contributed by atoms with E-state index in [4.69, 9.17) is 4.42 Å². The topological polar surface area (TPSA) is 33.5 Å². The van der Waals surface area contributed by atoms with Crippen molar-refractivity contribution in [2.24, 2.45) is 0 Å². The van der Waals surface area contributed by atoms with Gasteiger partial charge in [-0.3, -0.25) is 4.79 Å². The lowest BCUT2D eigenvalue weighted by Crippen LogP contribution is -2.39. The van der Waals surface area contributed by atoms with E-state index >= 15 is 0 Å². The average Bonchev–Trinajstić information content (AvgIpc) is 3.25. The molecule has 3 aromatic rings. The van der Waals surface area contributed by atoms with Crippen LogP contribution in [0.25, 0.3) is 0 Å². The van der Waals surface area contributed by atoms with E-state index in [1.807, 2.05) is 5.38 Å². The Kier molecular flexibility index (Phi) is 3.50. The van der Waals surface area contributed by atoms with Gasteiger partial charge < -0.3 is 9.32 Å². The molecule has 1 aliphatic heterocycles. The van der Waals surface area contributed by atoms with Crippen LogP contribution in [0, 0.1) is 5.82 Å². The zero-order chi connectivity index (χ0) is 15.8. The van der Waals surface area contributed by atoms with Gasteiger partial charge in [-0.1, -0.05) is 12.1 Å². The third kappa shape index (κ3) is 2.47. The summed E-state index contributed by atoms with van der Waals surface area (Å²) in [6.07, 6.45) is 2.33. The third-order valence-electron chi connectivity index (χ3n) is 4.14. The average molecular weight is 327 g/mol. The van der Waals surface area contributed by atoms with Crippen molar-refractivity contribution in [1.29, 1.82) is 0 Å². The minimum absolute atomic E-state index is 0.138. The van der Waals surface area contributed by atoms with E-state index in [9.17, 15) is 9.18 Å². The molecule has 5 heteroatoms. The zero-order valence-corrected chi connectivity index (χ0v) is 13.1. The van der Waals surface area contributed by atoms with E-state index in [0.717, 1.165) is 17.5 Å². The lowest BCUT2D eigenvalue weighted by Gasteiger charge is -2.35. The van der Waals surface area contributed by atoms with Gasteiger partial charge in [0.25, 0.3) is 5.91 Å². The Morgan fingerprint density at radius 3 is 2.78 bits per heavy atom. The Balaban J connectivity index is 1.79. The fourth-order valence-electron chi connectivity index (χ4n) is 3.08. The van der Waals surface area contributed by atoms with Gasteiger partial charge in [0.2, 0.25) is 0 Å². The summed E-state index contributed by atoms with van der Waals surface area (Å²) in [6.45, 7) is 0.620. The SMILES string of the molecule is O=C(c1ccco1)N1CCc2sccc2C1c1ccc(F)cc1. The van der Waals surface area contributed by atoms with Crippen LogP contribution in [0.3, 0.4) is 0 Å². The molecule has 1 aliphatic rings. The normalized spacial score (nSPS) is 17.1. The summed E-state index contributed by atoms with van der Waals surface area (Å²) >= 11 is 1.70.